The highest BCUT2D eigenvalue weighted by Crippen LogP contribution is 2.35. The maximum atomic E-state index is 13.7. The first-order valence-corrected chi connectivity index (χ1v) is 11.6. The standard InChI is InChI=1S/C24H29N5O8/c1-3-37-24(35)29-10-8-28(9-11-29)23(34)15(12-17(30)26-13-18(31)32)20-19(22(25)33)21(36-2)14-6-4-5-7-16(14)27-20/h4-7,15H,3,8-13H2,1-2H3,(H2,25,33)(H,26,30)(H,31,32). The average Bonchev–Trinajstić information content (AvgIpc) is 2.89. The van der Waals surface area contributed by atoms with Crippen molar-refractivity contribution in [3.8, 4) is 5.75 Å². The minimum absolute atomic E-state index is 0.0497. The molecular formula is C24H29N5O8. The number of carboxylic acids is 1. The second kappa shape index (κ2) is 12.0. The third kappa shape index (κ3) is 6.23. The molecule has 198 valence electrons. The van der Waals surface area contributed by atoms with Crippen molar-refractivity contribution in [2.24, 2.45) is 5.73 Å². The average molecular weight is 516 g/mol. The number of ether oxygens (including phenoxy) is 2. The number of hydrogen-bond donors (Lipinski definition) is 3. The van der Waals surface area contributed by atoms with E-state index in [0.29, 0.717) is 10.9 Å². The number of nitrogens with one attached hydrogen (secondary N) is 1. The Morgan fingerprint density at radius 1 is 1.11 bits per heavy atom. The van der Waals surface area contributed by atoms with Crippen LogP contribution in [0, 0.1) is 0 Å². The quantitative estimate of drug-likeness (QED) is 0.423. The van der Waals surface area contributed by atoms with E-state index in [4.69, 9.17) is 20.3 Å². The van der Waals surface area contributed by atoms with E-state index < -0.39 is 48.7 Å². The molecule has 1 aliphatic heterocycles. The molecule has 3 rings (SSSR count). The molecular weight excluding hydrogens is 486 g/mol. The summed E-state index contributed by atoms with van der Waals surface area (Å²) in [5.74, 6) is -4.57. The number of rotatable bonds is 9. The molecule has 0 bridgehead atoms. The predicted molar refractivity (Wildman–Crippen MR) is 130 cm³/mol. The summed E-state index contributed by atoms with van der Waals surface area (Å²) >= 11 is 0. The van der Waals surface area contributed by atoms with Crippen LogP contribution in [0.25, 0.3) is 10.9 Å². The topological polar surface area (TPSA) is 181 Å². The van der Waals surface area contributed by atoms with Crippen LogP contribution in [0.5, 0.6) is 5.75 Å². The smallest absolute Gasteiger partial charge is 0.409 e. The van der Waals surface area contributed by atoms with Gasteiger partial charge >= 0.3 is 12.1 Å². The second-order valence-corrected chi connectivity index (χ2v) is 8.23. The first kappa shape index (κ1) is 27.2. The number of fused-ring (bicyclic) bond motifs is 1. The van der Waals surface area contributed by atoms with Crippen molar-refractivity contribution in [2.45, 2.75) is 19.3 Å². The SMILES string of the molecule is CCOC(=O)N1CCN(C(=O)C(CC(=O)NCC(=O)O)c2nc3ccccc3c(OC)c2C(N)=O)CC1. The first-order chi connectivity index (χ1) is 17.7. The van der Waals surface area contributed by atoms with Crippen LogP contribution in [0.3, 0.4) is 0 Å². The van der Waals surface area contributed by atoms with E-state index in [1.165, 1.54) is 16.9 Å². The molecule has 0 spiro atoms. The molecule has 13 nitrogen and oxygen atoms in total. The van der Waals surface area contributed by atoms with Crippen molar-refractivity contribution < 1.29 is 38.6 Å². The van der Waals surface area contributed by atoms with Crippen LogP contribution in [0.15, 0.2) is 24.3 Å². The number of carbonyl (C=O) groups is 5. The Kier molecular flexibility index (Phi) is 8.82. The molecule has 0 saturated carbocycles. The lowest BCUT2D eigenvalue weighted by Crippen LogP contribution is -2.52. The Morgan fingerprint density at radius 3 is 2.35 bits per heavy atom. The lowest BCUT2D eigenvalue weighted by Gasteiger charge is -2.36. The normalized spacial score (nSPS) is 14.1. The van der Waals surface area contributed by atoms with Crippen LogP contribution >= 0.6 is 0 Å². The maximum absolute atomic E-state index is 13.7. The highest BCUT2D eigenvalue weighted by Gasteiger charge is 2.36. The van der Waals surface area contributed by atoms with Gasteiger partial charge in [0.2, 0.25) is 11.8 Å². The Morgan fingerprint density at radius 2 is 1.76 bits per heavy atom. The zero-order valence-corrected chi connectivity index (χ0v) is 20.6. The Hall–Kier alpha value is -4.42. The Balaban J connectivity index is 2.02. The summed E-state index contributed by atoms with van der Waals surface area (Å²) in [7, 11) is 1.35. The van der Waals surface area contributed by atoms with Crippen LogP contribution in [-0.4, -0.2) is 96.1 Å². The van der Waals surface area contributed by atoms with Gasteiger partial charge in [-0.1, -0.05) is 12.1 Å². The highest BCUT2D eigenvalue weighted by molar-refractivity contribution is 6.05. The molecule has 2 heterocycles. The maximum Gasteiger partial charge on any atom is 0.409 e. The Bertz CT molecular complexity index is 1210. The molecule has 1 aliphatic rings. The van der Waals surface area contributed by atoms with Gasteiger partial charge in [0, 0.05) is 38.0 Å². The number of carboxylic acid groups (broad SMARTS) is 1. The minimum Gasteiger partial charge on any atom is -0.495 e. The van der Waals surface area contributed by atoms with Crippen LogP contribution in [-0.2, 0) is 19.1 Å². The van der Waals surface area contributed by atoms with Gasteiger partial charge in [0.15, 0.2) is 0 Å². The Labute approximate surface area is 212 Å². The molecule has 0 aliphatic carbocycles. The van der Waals surface area contributed by atoms with Gasteiger partial charge in [-0.3, -0.25) is 24.2 Å². The van der Waals surface area contributed by atoms with Crippen molar-refractivity contribution in [1.29, 1.82) is 0 Å². The zero-order chi connectivity index (χ0) is 27.1. The van der Waals surface area contributed by atoms with Crippen LogP contribution in [0.4, 0.5) is 4.79 Å². The number of benzene rings is 1. The predicted octanol–water partition coefficient (Wildman–Crippen LogP) is 0.318. The molecule has 1 saturated heterocycles. The van der Waals surface area contributed by atoms with Crippen LogP contribution in [0.1, 0.15) is 35.3 Å². The molecule has 37 heavy (non-hydrogen) atoms. The van der Waals surface area contributed by atoms with Gasteiger partial charge < -0.3 is 35.4 Å². The summed E-state index contributed by atoms with van der Waals surface area (Å²) in [4.78, 5) is 69.4. The number of aromatic nitrogens is 1. The van der Waals surface area contributed by atoms with Crippen molar-refractivity contribution in [3.63, 3.8) is 0 Å². The van der Waals surface area contributed by atoms with Gasteiger partial charge in [-0.2, -0.15) is 0 Å². The number of methoxy groups -OCH3 is 1. The largest absolute Gasteiger partial charge is 0.495 e. The van der Waals surface area contributed by atoms with Gasteiger partial charge in [0.05, 0.1) is 30.8 Å². The summed E-state index contributed by atoms with van der Waals surface area (Å²) in [5, 5.41) is 11.6. The number of nitrogens with two attached hydrogens (primary N) is 1. The van der Waals surface area contributed by atoms with Gasteiger partial charge in [0.25, 0.3) is 5.91 Å². The van der Waals surface area contributed by atoms with Crippen molar-refractivity contribution in [3.05, 3.63) is 35.5 Å². The molecule has 4 N–H and O–H groups in total. The number of para-hydroxylation sites is 1. The number of amides is 4. The fourth-order valence-corrected chi connectivity index (χ4v) is 4.18. The van der Waals surface area contributed by atoms with Crippen LogP contribution in [0.2, 0.25) is 0 Å². The number of hydrogen-bond acceptors (Lipinski definition) is 8. The third-order valence-corrected chi connectivity index (χ3v) is 5.90. The van der Waals surface area contributed by atoms with E-state index in [-0.39, 0.29) is 49.8 Å². The van der Waals surface area contributed by atoms with Gasteiger partial charge in [-0.25, -0.2) is 4.79 Å². The number of pyridine rings is 1. The molecule has 1 aromatic carbocycles. The second-order valence-electron chi connectivity index (χ2n) is 8.23. The lowest BCUT2D eigenvalue weighted by molar-refractivity contribution is -0.138. The molecule has 2 aromatic rings. The molecule has 1 aromatic heterocycles. The first-order valence-electron chi connectivity index (χ1n) is 11.6. The summed E-state index contributed by atoms with van der Waals surface area (Å²) in [6.07, 6.45) is -0.977. The fourth-order valence-electron chi connectivity index (χ4n) is 4.18. The molecule has 13 heteroatoms. The van der Waals surface area contributed by atoms with E-state index >= 15 is 0 Å². The molecule has 0 radical (unpaired) electrons. The molecule has 1 fully saturated rings. The van der Waals surface area contributed by atoms with E-state index in [1.807, 2.05) is 0 Å². The lowest BCUT2D eigenvalue weighted by atomic mass is 9.92. The number of primary amides is 1. The third-order valence-electron chi connectivity index (χ3n) is 5.90. The van der Waals surface area contributed by atoms with Gasteiger partial charge in [-0.15, -0.1) is 0 Å². The number of carbonyl (C=O) groups excluding carboxylic acids is 4. The van der Waals surface area contributed by atoms with E-state index in [9.17, 15) is 24.0 Å². The zero-order valence-electron chi connectivity index (χ0n) is 20.6. The van der Waals surface area contributed by atoms with Gasteiger partial charge in [-0.05, 0) is 19.1 Å². The molecule has 1 atom stereocenters. The summed E-state index contributed by atoms with van der Waals surface area (Å²) in [6, 6.07) is 6.79. The number of nitrogens with zero attached hydrogens (tertiary/aromatic N) is 3. The minimum atomic E-state index is -1.27. The van der Waals surface area contributed by atoms with Crippen LogP contribution < -0.4 is 15.8 Å². The fraction of sp³-hybridized carbons (Fsp3) is 0.417. The number of piperazine rings is 1. The van der Waals surface area contributed by atoms with Crippen molar-refractivity contribution in [2.75, 3.05) is 46.4 Å². The molecule has 4 amide bonds. The summed E-state index contributed by atoms with van der Waals surface area (Å²) in [5.41, 5.74) is 5.91. The molecule has 1 unspecified atom stereocenters. The van der Waals surface area contributed by atoms with E-state index in [2.05, 4.69) is 10.3 Å². The monoisotopic (exact) mass is 515 g/mol. The van der Waals surface area contributed by atoms with Crippen molar-refractivity contribution >= 4 is 40.7 Å². The highest BCUT2D eigenvalue weighted by atomic mass is 16.6. The van der Waals surface area contributed by atoms with E-state index in [0.717, 1.165) is 0 Å². The number of aliphatic carboxylic acids is 1. The van der Waals surface area contributed by atoms with Gasteiger partial charge in [0.1, 0.15) is 17.9 Å². The van der Waals surface area contributed by atoms with E-state index in [1.54, 1.807) is 31.2 Å². The summed E-state index contributed by atoms with van der Waals surface area (Å²) in [6.45, 7) is 1.99. The summed E-state index contributed by atoms with van der Waals surface area (Å²) < 4.78 is 10.5. The van der Waals surface area contributed by atoms with Crippen molar-refractivity contribution in [1.82, 2.24) is 20.1 Å².